The van der Waals surface area contributed by atoms with Gasteiger partial charge in [0, 0.05) is 6.04 Å². The molecule has 1 rings (SSSR count). The molecule has 5 nitrogen and oxygen atoms in total. The van der Waals surface area contributed by atoms with E-state index in [0.717, 1.165) is 18.2 Å². The van der Waals surface area contributed by atoms with Crippen LogP contribution in [0.25, 0.3) is 0 Å². The van der Waals surface area contributed by atoms with Gasteiger partial charge in [0.2, 0.25) is 10.0 Å². The van der Waals surface area contributed by atoms with Gasteiger partial charge in [-0.25, -0.2) is 22.3 Å². The smallest absolute Gasteiger partial charge is 0.338 e. The van der Waals surface area contributed by atoms with Crippen LogP contribution in [0.15, 0.2) is 23.1 Å². The summed E-state index contributed by atoms with van der Waals surface area (Å²) in [6.07, 6.45) is 0.601. The van der Waals surface area contributed by atoms with Gasteiger partial charge in [-0.15, -0.1) is 0 Å². The minimum absolute atomic E-state index is 0.0918. The van der Waals surface area contributed by atoms with E-state index in [-0.39, 0.29) is 16.9 Å². The molecule has 0 aliphatic carbocycles. The molecule has 0 aliphatic heterocycles. The molecule has 0 bridgehead atoms. The number of halogens is 1. The van der Waals surface area contributed by atoms with Crippen LogP contribution in [-0.4, -0.2) is 25.5 Å². The molecule has 0 spiro atoms. The van der Waals surface area contributed by atoms with Crippen molar-refractivity contribution in [1.82, 2.24) is 4.72 Å². The minimum Gasteiger partial charge on any atom is -0.478 e. The van der Waals surface area contributed by atoms with Crippen molar-refractivity contribution in [2.75, 3.05) is 0 Å². The molecule has 0 amide bonds. The Morgan fingerprint density at radius 3 is 2.45 bits per heavy atom. The van der Waals surface area contributed by atoms with Crippen LogP contribution in [0.2, 0.25) is 0 Å². The van der Waals surface area contributed by atoms with Crippen molar-refractivity contribution in [3.8, 4) is 0 Å². The summed E-state index contributed by atoms with van der Waals surface area (Å²) in [4.78, 5) is 10.6. The molecule has 0 fully saturated rings. The Balaban J connectivity index is 3.16. The zero-order chi connectivity index (χ0) is 15.5. The van der Waals surface area contributed by atoms with Crippen molar-refractivity contribution < 1.29 is 22.7 Å². The molecule has 112 valence electrons. The highest BCUT2D eigenvalue weighted by atomic mass is 32.2. The predicted molar refractivity (Wildman–Crippen MR) is 72.6 cm³/mol. The number of rotatable bonds is 6. The first-order chi connectivity index (χ1) is 9.19. The van der Waals surface area contributed by atoms with Crippen LogP contribution in [0.4, 0.5) is 4.39 Å². The van der Waals surface area contributed by atoms with Crippen molar-refractivity contribution in [3.63, 3.8) is 0 Å². The summed E-state index contributed by atoms with van der Waals surface area (Å²) in [5.41, 5.74) is -0.662. The van der Waals surface area contributed by atoms with E-state index < -0.39 is 27.4 Å². The fraction of sp³-hybridized carbons (Fsp3) is 0.462. The van der Waals surface area contributed by atoms with E-state index in [9.17, 15) is 17.6 Å². The first kappa shape index (κ1) is 16.6. The van der Waals surface area contributed by atoms with Crippen LogP contribution >= 0.6 is 0 Å². The molecule has 0 aliphatic rings. The average molecular weight is 303 g/mol. The predicted octanol–water partition coefficient (Wildman–Crippen LogP) is 2.24. The lowest BCUT2D eigenvalue weighted by molar-refractivity contribution is 0.0691. The number of sulfonamides is 1. The van der Waals surface area contributed by atoms with E-state index in [1.165, 1.54) is 0 Å². The molecule has 1 unspecified atom stereocenters. The monoisotopic (exact) mass is 303 g/mol. The summed E-state index contributed by atoms with van der Waals surface area (Å²) >= 11 is 0. The highest BCUT2D eigenvalue weighted by molar-refractivity contribution is 7.89. The molecule has 0 saturated carbocycles. The molecule has 1 aromatic rings. The van der Waals surface area contributed by atoms with Gasteiger partial charge in [-0.2, -0.15) is 0 Å². The molecule has 0 saturated heterocycles. The standard InChI is InChI=1S/C13H18FNO4S/c1-4-12(8(2)3)15-20(18,19)9-5-6-11(14)10(7-9)13(16)17/h5-8,12,15H,4H2,1-3H3,(H,16,17). The number of carboxylic acid groups (broad SMARTS) is 1. The first-order valence-corrected chi connectivity index (χ1v) is 7.72. The lowest BCUT2D eigenvalue weighted by atomic mass is 10.0. The third-order valence-corrected chi connectivity index (χ3v) is 4.52. The maximum atomic E-state index is 13.3. The number of hydrogen-bond acceptors (Lipinski definition) is 3. The Bertz CT molecular complexity index is 598. The van der Waals surface area contributed by atoms with Gasteiger partial charge < -0.3 is 5.11 Å². The second kappa shape index (κ2) is 6.32. The fourth-order valence-corrected chi connectivity index (χ4v) is 3.29. The van der Waals surface area contributed by atoms with E-state index in [0.29, 0.717) is 6.42 Å². The number of hydrogen-bond donors (Lipinski definition) is 2. The zero-order valence-corrected chi connectivity index (χ0v) is 12.4. The SMILES string of the molecule is CCC(NS(=O)(=O)c1ccc(F)c(C(=O)O)c1)C(C)C. The number of carboxylic acids is 1. The van der Waals surface area contributed by atoms with Crippen LogP contribution in [0.1, 0.15) is 37.6 Å². The maximum Gasteiger partial charge on any atom is 0.338 e. The largest absolute Gasteiger partial charge is 0.478 e. The van der Waals surface area contributed by atoms with Gasteiger partial charge in [0.25, 0.3) is 0 Å². The normalized spacial score (nSPS) is 13.4. The van der Waals surface area contributed by atoms with Crippen LogP contribution in [-0.2, 0) is 10.0 Å². The molecule has 2 N–H and O–H groups in total. The summed E-state index contributed by atoms with van der Waals surface area (Å²) < 4.78 is 40.1. The highest BCUT2D eigenvalue weighted by Crippen LogP contribution is 2.17. The summed E-state index contributed by atoms with van der Waals surface area (Å²) in [7, 11) is -3.87. The third kappa shape index (κ3) is 3.77. The van der Waals surface area contributed by atoms with Crippen molar-refractivity contribution in [3.05, 3.63) is 29.6 Å². The van der Waals surface area contributed by atoms with Crippen molar-refractivity contribution in [2.24, 2.45) is 5.92 Å². The molecule has 1 atom stereocenters. The molecule has 0 aromatic heterocycles. The first-order valence-electron chi connectivity index (χ1n) is 6.24. The van der Waals surface area contributed by atoms with Crippen LogP contribution in [0.3, 0.4) is 0 Å². The van der Waals surface area contributed by atoms with Crippen molar-refractivity contribution in [2.45, 2.75) is 38.1 Å². The molecule has 20 heavy (non-hydrogen) atoms. The summed E-state index contributed by atoms with van der Waals surface area (Å²) in [6.45, 7) is 5.61. The van der Waals surface area contributed by atoms with Crippen LogP contribution in [0.5, 0.6) is 0 Å². The Hall–Kier alpha value is -1.47. The van der Waals surface area contributed by atoms with E-state index in [1.807, 2.05) is 20.8 Å². The van der Waals surface area contributed by atoms with Crippen LogP contribution in [0, 0.1) is 11.7 Å². The number of nitrogens with one attached hydrogen (secondary N) is 1. The fourth-order valence-electron chi connectivity index (χ4n) is 1.79. The lowest BCUT2D eigenvalue weighted by Gasteiger charge is -2.20. The number of aromatic carboxylic acids is 1. The molecular formula is C13H18FNO4S. The van der Waals surface area contributed by atoms with Crippen LogP contribution < -0.4 is 4.72 Å². The van der Waals surface area contributed by atoms with Crippen molar-refractivity contribution in [1.29, 1.82) is 0 Å². The third-order valence-electron chi connectivity index (χ3n) is 3.03. The molecule has 0 radical (unpaired) electrons. The van der Waals surface area contributed by atoms with E-state index in [2.05, 4.69) is 4.72 Å². The van der Waals surface area contributed by atoms with Gasteiger partial charge in [-0.05, 0) is 30.5 Å². The Kier molecular flexibility index (Phi) is 5.24. The second-order valence-electron chi connectivity index (χ2n) is 4.83. The van der Waals surface area contributed by atoms with Gasteiger partial charge in [0.15, 0.2) is 0 Å². The number of benzene rings is 1. The van der Waals surface area contributed by atoms with Gasteiger partial charge in [-0.1, -0.05) is 20.8 Å². The second-order valence-corrected chi connectivity index (χ2v) is 6.54. The molecule has 7 heteroatoms. The quantitative estimate of drug-likeness (QED) is 0.844. The van der Waals surface area contributed by atoms with Gasteiger partial charge in [0.05, 0.1) is 10.5 Å². The topological polar surface area (TPSA) is 83.5 Å². The van der Waals surface area contributed by atoms with Gasteiger partial charge >= 0.3 is 5.97 Å². The maximum absolute atomic E-state index is 13.3. The summed E-state index contributed by atoms with van der Waals surface area (Å²) in [6, 6.07) is 2.46. The highest BCUT2D eigenvalue weighted by Gasteiger charge is 2.23. The molecule has 1 aromatic carbocycles. The summed E-state index contributed by atoms with van der Waals surface area (Å²) in [5.74, 6) is -2.38. The molecule has 0 heterocycles. The summed E-state index contributed by atoms with van der Waals surface area (Å²) in [5, 5.41) is 8.82. The van der Waals surface area contributed by atoms with E-state index >= 15 is 0 Å². The minimum atomic E-state index is -3.87. The number of carbonyl (C=O) groups is 1. The Morgan fingerprint density at radius 2 is 2.00 bits per heavy atom. The lowest BCUT2D eigenvalue weighted by Crippen LogP contribution is -2.38. The van der Waals surface area contributed by atoms with E-state index in [4.69, 9.17) is 5.11 Å². The van der Waals surface area contributed by atoms with Gasteiger partial charge in [0.1, 0.15) is 5.82 Å². The Morgan fingerprint density at radius 1 is 1.40 bits per heavy atom. The van der Waals surface area contributed by atoms with Gasteiger partial charge in [-0.3, -0.25) is 0 Å². The van der Waals surface area contributed by atoms with Crippen molar-refractivity contribution >= 4 is 16.0 Å². The zero-order valence-electron chi connectivity index (χ0n) is 11.6. The molecular weight excluding hydrogens is 285 g/mol. The average Bonchev–Trinajstić information content (AvgIpc) is 2.35. The Labute approximate surface area is 117 Å². The van der Waals surface area contributed by atoms with E-state index in [1.54, 1.807) is 0 Å².